The molecule has 0 radical (unpaired) electrons. The monoisotopic (exact) mass is 283 g/mol. The van der Waals surface area contributed by atoms with Gasteiger partial charge in [0.25, 0.3) is 0 Å². The Kier molecular flexibility index (Phi) is 4.44. The normalized spacial score (nSPS) is 20.8. The second-order valence-electron chi connectivity index (χ2n) is 4.97. The summed E-state index contributed by atoms with van der Waals surface area (Å²) in [6.45, 7) is 5.69. The molecule has 1 saturated heterocycles. The van der Waals surface area contributed by atoms with Crippen LogP contribution in [0.1, 0.15) is 13.3 Å². The quantitative estimate of drug-likeness (QED) is 0.787. The zero-order valence-corrected chi connectivity index (χ0v) is 12.0. The van der Waals surface area contributed by atoms with E-state index < -0.39 is 10.0 Å². The van der Waals surface area contributed by atoms with Crippen LogP contribution in [0.3, 0.4) is 0 Å². The van der Waals surface area contributed by atoms with Crippen LogP contribution in [-0.2, 0) is 10.0 Å². The number of sulfonamides is 1. The Labute approximate surface area is 114 Å². The third-order valence-electron chi connectivity index (χ3n) is 3.57. The summed E-state index contributed by atoms with van der Waals surface area (Å²) in [5.41, 5.74) is 6.12. The molecule has 2 rings (SSSR count). The molecular weight excluding hydrogens is 262 g/mol. The van der Waals surface area contributed by atoms with E-state index in [1.807, 2.05) is 0 Å². The van der Waals surface area contributed by atoms with Gasteiger partial charge in [-0.2, -0.15) is 0 Å². The molecule has 1 heterocycles. The number of hydrogen-bond acceptors (Lipinski definition) is 4. The van der Waals surface area contributed by atoms with Crippen molar-refractivity contribution in [3.63, 3.8) is 0 Å². The molecule has 1 aliphatic rings. The van der Waals surface area contributed by atoms with Crippen LogP contribution in [0.25, 0.3) is 0 Å². The van der Waals surface area contributed by atoms with Crippen molar-refractivity contribution >= 4 is 15.7 Å². The van der Waals surface area contributed by atoms with Gasteiger partial charge in [0.05, 0.1) is 4.90 Å². The van der Waals surface area contributed by atoms with Crippen LogP contribution in [-0.4, -0.2) is 39.5 Å². The van der Waals surface area contributed by atoms with E-state index in [9.17, 15) is 8.42 Å². The van der Waals surface area contributed by atoms with Crippen LogP contribution >= 0.6 is 0 Å². The largest absolute Gasteiger partial charge is 0.399 e. The zero-order valence-electron chi connectivity index (χ0n) is 11.2. The molecule has 6 heteroatoms. The first-order chi connectivity index (χ1) is 9.01. The Morgan fingerprint density at radius 3 is 2.63 bits per heavy atom. The third-order valence-corrected chi connectivity index (χ3v) is 5.01. The Hall–Kier alpha value is -1.11. The molecule has 3 N–H and O–H groups in total. The summed E-state index contributed by atoms with van der Waals surface area (Å²) in [4.78, 5) is 2.61. The first kappa shape index (κ1) is 14.3. The highest BCUT2D eigenvalue weighted by molar-refractivity contribution is 7.89. The molecular formula is C13H21N3O2S. The van der Waals surface area contributed by atoms with Gasteiger partial charge < -0.3 is 10.6 Å². The smallest absolute Gasteiger partial charge is 0.240 e. The van der Waals surface area contributed by atoms with E-state index in [0.29, 0.717) is 18.2 Å². The van der Waals surface area contributed by atoms with Gasteiger partial charge in [0, 0.05) is 18.8 Å². The lowest BCUT2D eigenvalue weighted by Gasteiger charge is -2.14. The van der Waals surface area contributed by atoms with Gasteiger partial charge >= 0.3 is 0 Å². The van der Waals surface area contributed by atoms with Gasteiger partial charge in [-0.25, -0.2) is 13.1 Å². The van der Waals surface area contributed by atoms with Gasteiger partial charge in [-0.05, 0) is 49.7 Å². The van der Waals surface area contributed by atoms with Crippen molar-refractivity contribution in [3.05, 3.63) is 24.3 Å². The highest BCUT2D eigenvalue weighted by Crippen LogP contribution is 2.16. The molecule has 1 unspecified atom stereocenters. The van der Waals surface area contributed by atoms with Gasteiger partial charge in [-0.1, -0.05) is 6.92 Å². The molecule has 0 bridgehead atoms. The number of rotatable bonds is 5. The lowest BCUT2D eigenvalue weighted by atomic mass is 10.1. The van der Waals surface area contributed by atoms with Crippen LogP contribution in [0, 0.1) is 5.92 Å². The fraction of sp³-hybridized carbons (Fsp3) is 0.538. The molecule has 1 fully saturated rings. The predicted molar refractivity (Wildman–Crippen MR) is 76.3 cm³/mol. The molecule has 1 aliphatic heterocycles. The van der Waals surface area contributed by atoms with Crippen molar-refractivity contribution in [3.8, 4) is 0 Å². The standard InChI is InChI=1S/C13H21N3O2S/c1-2-16-8-7-11(10-16)9-15-19(17,18)13-5-3-12(14)4-6-13/h3-6,11,15H,2,7-10,14H2,1H3. The van der Waals surface area contributed by atoms with Crippen LogP contribution in [0.5, 0.6) is 0 Å². The SMILES string of the molecule is CCN1CCC(CNS(=O)(=O)c2ccc(N)cc2)C1. The number of nitrogens with two attached hydrogens (primary N) is 1. The van der Waals surface area contributed by atoms with Crippen molar-refractivity contribution in [2.75, 3.05) is 31.9 Å². The predicted octanol–water partition coefficient (Wildman–Crippen LogP) is 0.889. The molecule has 0 spiro atoms. The number of likely N-dealkylation sites (tertiary alicyclic amines) is 1. The number of anilines is 1. The highest BCUT2D eigenvalue weighted by atomic mass is 32.2. The summed E-state index contributed by atoms with van der Waals surface area (Å²) in [6, 6.07) is 6.27. The number of nitrogen functional groups attached to an aromatic ring is 1. The van der Waals surface area contributed by atoms with E-state index >= 15 is 0 Å². The average molecular weight is 283 g/mol. The maximum atomic E-state index is 12.1. The molecule has 19 heavy (non-hydrogen) atoms. The lowest BCUT2D eigenvalue weighted by molar-refractivity contribution is 0.342. The second-order valence-corrected chi connectivity index (χ2v) is 6.74. The summed E-state index contributed by atoms with van der Waals surface area (Å²) in [6.07, 6.45) is 1.05. The molecule has 1 atom stereocenters. The minimum absolute atomic E-state index is 0.270. The summed E-state index contributed by atoms with van der Waals surface area (Å²) < 4.78 is 26.9. The van der Waals surface area contributed by atoms with E-state index in [1.54, 1.807) is 12.1 Å². The Morgan fingerprint density at radius 2 is 2.05 bits per heavy atom. The molecule has 1 aromatic rings. The van der Waals surface area contributed by atoms with Crippen molar-refractivity contribution in [1.82, 2.24) is 9.62 Å². The maximum absolute atomic E-state index is 12.1. The van der Waals surface area contributed by atoms with Crippen molar-refractivity contribution in [2.24, 2.45) is 5.92 Å². The van der Waals surface area contributed by atoms with Crippen molar-refractivity contribution in [1.29, 1.82) is 0 Å². The van der Waals surface area contributed by atoms with Crippen LogP contribution in [0.4, 0.5) is 5.69 Å². The maximum Gasteiger partial charge on any atom is 0.240 e. The van der Waals surface area contributed by atoms with Gasteiger partial charge in [0.15, 0.2) is 0 Å². The van der Waals surface area contributed by atoms with Crippen LogP contribution in [0.2, 0.25) is 0 Å². The van der Waals surface area contributed by atoms with Crippen molar-refractivity contribution < 1.29 is 8.42 Å². The summed E-state index contributed by atoms with van der Waals surface area (Å²) in [7, 11) is -3.41. The number of hydrogen-bond donors (Lipinski definition) is 2. The van der Waals surface area contributed by atoms with Crippen molar-refractivity contribution in [2.45, 2.75) is 18.2 Å². The van der Waals surface area contributed by atoms with Gasteiger partial charge in [-0.3, -0.25) is 0 Å². The summed E-state index contributed by atoms with van der Waals surface area (Å²) in [5, 5.41) is 0. The van der Waals surface area contributed by atoms with E-state index in [0.717, 1.165) is 26.1 Å². The van der Waals surface area contributed by atoms with E-state index in [4.69, 9.17) is 5.73 Å². The minimum Gasteiger partial charge on any atom is -0.399 e. The fourth-order valence-electron chi connectivity index (χ4n) is 2.32. The number of nitrogens with one attached hydrogen (secondary N) is 1. The Balaban J connectivity index is 1.93. The minimum atomic E-state index is -3.41. The first-order valence-corrected chi connectivity index (χ1v) is 8.07. The summed E-state index contributed by atoms with van der Waals surface area (Å²) >= 11 is 0. The Morgan fingerprint density at radius 1 is 1.37 bits per heavy atom. The zero-order chi connectivity index (χ0) is 13.9. The molecule has 106 valence electrons. The lowest BCUT2D eigenvalue weighted by Crippen LogP contribution is -2.31. The molecule has 0 aromatic heterocycles. The molecule has 0 amide bonds. The highest BCUT2D eigenvalue weighted by Gasteiger charge is 2.23. The number of benzene rings is 1. The molecule has 0 aliphatic carbocycles. The van der Waals surface area contributed by atoms with E-state index in [1.165, 1.54) is 12.1 Å². The van der Waals surface area contributed by atoms with Gasteiger partial charge in [0.1, 0.15) is 0 Å². The van der Waals surface area contributed by atoms with Crippen LogP contribution in [0.15, 0.2) is 29.2 Å². The Bertz CT molecular complexity index is 513. The average Bonchev–Trinajstić information content (AvgIpc) is 2.85. The molecule has 1 aromatic carbocycles. The molecule has 0 saturated carbocycles. The van der Waals surface area contributed by atoms with Gasteiger partial charge in [-0.15, -0.1) is 0 Å². The second kappa shape index (κ2) is 5.90. The van der Waals surface area contributed by atoms with Gasteiger partial charge in [0.2, 0.25) is 10.0 Å². The summed E-state index contributed by atoms with van der Waals surface area (Å²) in [5.74, 6) is 0.406. The fourth-order valence-corrected chi connectivity index (χ4v) is 3.44. The third kappa shape index (κ3) is 3.68. The van der Waals surface area contributed by atoms with Crippen LogP contribution < -0.4 is 10.5 Å². The first-order valence-electron chi connectivity index (χ1n) is 6.59. The number of nitrogens with zero attached hydrogens (tertiary/aromatic N) is 1. The molecule has 5 nitrogen and oxygen atoms in total. The topological polar surface area (TPSA) is 75.4 Å². The van der Waals surface area contributed by atoms with E-state index in [-0.39, 0.29) is 4.90 Å². The van der Waals surface area contributed by atoms with E-state index in [2.05, 4.69) is 16.5 Å².